The SMILES string of the molecule is [N-]=[N+]=NCCC#Cc1ccc(F)cc1CO. The van der Waals surface area contributed by atoms with Crippen molar-refractivity contribution in [3.8, 4) is 11.8 Å². The van der Waals surface area contributed by atoms with Gasteiger partial charge in [0, 0.05) is 23.4 Å². The minimum absolute atomic E-state index is 0.252. The van der Waals surface area contributed by atoms with Crippen molar-refractivity contribution in [1.29, 1.82) is 0 Å². The zero-order valence-electron chi connectivity index (χ0n) is 8.52. The lowest BCUT2D eigenvalue weighted by molar-refractivity contribution is 0.281. The second kappa shape index (κ2) is 6.46. The Hall–Kier alpha value is -2.02. The van der Waals surface area contributed by atoms with Gasteiger partial charge in [-0.2, -0.15) is 0 Å². The first-order valence-electron chi connectivity index (χ1n) is 4.67. The molecule has 0 atom stereocenters. The van der Waals surface area contributed by atoms with E-state index in [4.69, 9.17) is 10.6 Å². The zero-order chi connectivity index (χ0) is 11.8. The van der Waals surface area contributed by atoms with E-state index in [1.54, 1.807) is 0 Å². The summed E-state index contributed by atoms with van der Waals surface area (Å²) in [6.45, 7) is 0.0529. The second-order valence-corrected chi connectivity index (χ2v) is 2.97. The van der Waals surface area contributed by atoms with Gasteiger partial charge in [0.05, 0.1) is 6.61 Å². The molecular weight excluding hydrogens is 209 g/mol. The Kier molecular flexibility index (Phi) is 4.87. The number of hydrogen-bond donors (Lipinski definition) is 1. The van der Waals surface area contributed by atoms with Crippen LogP contribution in [-0.4, -0.2) is 11.7 Å². The fourth-order valence-corrected chi connectivity index (χ4v) is 1.12. The maximum Gasteiger partial charge on any atom is 0.123 e. The van der Waals surface area contributed by atoms with Crippen molar-refractivity contribution in [3.05, 3.63) is 45.6 Å². The summed E-state index contributed by atoms with van der Waals surface area (Å²) in [6, 6.07) is 4.05. The second-order valence-electron chi connectivity index (χ2n) is 2.97. The van der Waals surface area contributed by atoms with E-state index in [9.17, 15) is 4.39 Å². The van der Waals surface area contributed by atoms with Gasteiger partial charge in [0.25, 0.3) is 0 Å². The van der Waals surface area contributed by atoms with Gasteiger partial charge in [-0.1, -0.05) is 17.0 Å². The van der Waals surface area contributed by atoms with Crippen LogP contribution >= 0.6 is 0 Å². The largest absolute Gasteiger partial charge is 0.392 e. The molecule has 0 aromatic heterocycles. The molecule has 0 fully saturated rings. The van der Waals surface area contributed by atoms with Crippen LogP contribution in [0.3, 0.4) is 0 Å². The van der Waals surface area contributed by atoms with Gasteiger partial charge >= 0.3 is 0 Å². The summed E-state index contributed by atoms with van der Waals surface area (Å²) in [7, 11) is 0. The van der Waals surface area contributed by atoms with Gasteiger partial charge in [-0.15, -0.1) is 0 Å². The van der Waals surface area contributed by atoms with Crippen LogP contribution in [0.5, 0.6) is 0 Å². The molecule has 1 rings (SSSR count). The molecule has 0 saturated carbocycles. The molecule has 16 heavy (non-hydrogen) atoms. The van der Waals surface area contributed by atoms with Crippen molar-refractivity contribution in [2.24, 2.45) is 5.11 Å². The molecule has 1 N–H and O–H groups in total. The van der Waals surface area contributed by atoms with Crippen molar-refractivity contribution >= 4 is 0 Å². The monoisotopic (exact) mass is 219 g/mol. The van der Waals surface area contributed by atoms with Crippen LogP contribution in [0.25, 0.3) is 10.4 Å². The third kappa shape index (κ3) is 3.62. The van der Waals surface area contributed by atoms with E-state index < -0.39 is 5.82 Å². The van der Waals surface area contributed by atoms with E-state index in [1.165, 1.54) is 18.2 Å². The maximum absolute atomic E-state index is 12.8. The van der Waals surface area contributed by atoms with Gasteiger partial charge in [0.1, 0.15) is 5.82 Å². The number of hydrogen-bond acceptors (Lipinski definition) is 2. The quantitative estimate of drug-likeness (QED) is 0.274. The summed E-state index contributed by atoms with van der Waals surface area (Å²) >= 11 is 0. The average molecular weight is 219 g/mol. The number of nitrogens with zero attached hydrogens (tertiary/aromatic N) is 3. The molecule has 0 saturated heterocycles. The maximum atomic E-state index is 12.8. The van der Waals surface area contributed by atoms with Crippen molar-refractivity contribution in [3.63, 3.8) is 0 Å². The highest BCUT2D eigenvalue weighted by Gasteiger charge is 1.99. The molecule has 5 heteroatoms. The van der Waals surface area contributed by atoms with Gasteiger partial charge < -0.3 is 5.11 Å². The number of benzene rings is 1. The Morgan fingerprint density at radius 2 is 2.31 bits per heavy atom. The molecule has 1 aromatic rings. The van der Waals surface area contributed by atoms with Crippen molar-refractivity contribution in [1.82, 2.24) is 0 Å². The highest BCUT2D eigenvalue weighted by molar-refractivity contribution is 5.41. The standard InChI is InChI=1S/C11H10FN3O/c12-11-5-4-9(10(7-11)8-16)3-1-2-6-14-15-13/h4-5,7,16H,2,6,8H2. The summed E-state index contributed by atoms with van der Waals surface area (Å²) in [5, 5.41) is 12.3. The Labute approximate surface area is 92.3 Å². The van der Waals surface area contributed by atoms with E-state index in [0.29, 0.717) is 24.1 Å². The summed E-state index contributed by atoms with van der Waals surface area (Å²) < 4.78 is 12.8. The molecule has 0 aliphatic carbocycles. The smallest absolute Gasteiger partial charge is 0.123 e. The van der Waals surface area contributed by atoms with E-state index in [-0.39, 0.29) is 6.61 Å². The Morgan fingerprint density at radius 3 is 3.00 bits per heavy atom. The van der Waals surface area contributed by atoms with Gasteiger partial charge in [-0.05, 0) is 29.3 Å². The molecule has 0 spiro atoms. The van der Waals surface area contributed by atoms with Crippen LogP contribution in [0, 0.1) is 17.7 Å². The third-order valence-corrected chi connectivity index (χ3v) is 1.86. The minimum atomic E-state index is -0.399. The van der Waals surface area contributed by atoms with Crippen LogP contribution in [-0.2, 0) is 6.61 Å². The molecule has 1 aromatic carbocycles. The lowest BCUT2D eigenvalue weighted by Crippen LogP contribution is -1.90. The van der Waals surface area contributed by atoms with Crippen molar-refractivity contribution < 1.29 is 9.50 Å². The zero-order valence-corrected chi connectivity index (χ0v) is 8.52. The lowest BCUT2D eigenvalue weighted by atomic mass is 10.1. The molecule has 4 nitrogen and oxygen atoms in total. The molecule has 0 radical (unpaired) electrons. The number of aliphatic hydroxyl groups excluding tert-OH is 1. The van der Waals surface area contributed by atoms with Crippen LogP contribution in [0.1, 0.15) is 17.5 Å². The summed E-state index contributed by atoms with van der Waals surface area (Å²) in [4.78, 5) is 2.59. The topological polar surface area (TPSA) is 69.0 Å². The predicted octanol–water partition coefficient (Wildman–Crippen LogP) is 2.37. The van der Waals surface area contributed by atoms with E-state index in [2.05, 4.69) is 21.9 Å². The summed E-state index contributed by atoms with van der Waals surface area (Å²) in [6.07, 6.45) is 0.437. The molecule has 0 aliphatic heterocycles. The Balaban J connectivity index is 2.75. The van der Waals surface area contributed by atoms with Gasteiger partial charge in [-0.25, -0.2) is 4.39 Å². The number of aliphatic hydroxyl groups is 1. The fourth-order valence-electron chi connectivity index (χ4n) is 1.12. The van der Waals surface area contributed by atoms with Crippen LogP contribution < -0.4 is 0 Å². The lowest BCUT2D eigenvalue weighted by Gasteiger charge is -1.99. The Bertz CT molecular complexity index is 470. The molecule has 0 bridgehead atoms. The van der Waals surface area contributed by atoms with Crippen molar-refractivity contribution in [2.45, 2.75) is 13.0 Å². The first kappa shape index (κ1) is 12.1. The van der Waals surface area contributed by atoms with Crippen LogP contribution in [0.2, 0.25) is 0 Å². The average Bonchev–Trinajstić information content (AvgIpc) is 2.30. The highest BCUT2D eigenvalue weighted by Crippen LogP contribution is 2.10. The van der Waals surface area contributed by atoms with E-state index >= 15 is 0 Å². The van der Waals surface area contributed by atoms with E-state index in [0.717, 1.165) is 0 Å². The minimum Gasteiger partial charge on any atom is -0.392 e. The fraction of sp³-hybridized carbons (Fsp3) is 0.273. The van der Waals surface area contributed by atoms with Crippen molar-refractivity contribution in [2.75, 3.05) is 6.54 Å². The predicted molar refractivity (Wildman–Crippen MR) is 57.8 cm³/mol. The number of halogens is 1. The normalized spacial score (nSPS) is 8.88. The van der Waals surface area contributed by atoms with Gasteiger partial charge in [0.15, 0.2) is 0 Å². The first-order chi connectivity index (χ1) is 7.77. The molecule has 82 valence electrons. The molecule has 0 amide bonds. The van der Waals surface area contributed by atoms with Crippen LogP contribution in [0.15, 0.2) is 23.3 Å². The molecule has 0 heterocycles. The molecule has 0 unspecified atom stereocenters. The molecule has 0 aliphatic rings. The van der Waals surface area contributed by atoms with Crippen LogP contribution in [0.4, 0.5) is 4.39 Å². The third-order valence-electron chi connectivity index (χ3n) is 1.86. The number of rotatable bonds is 3. The molecular formula is C11H10FN3O. The summed E-state index contributed by atoms with van der Waals surface area (Å²) in [5.74, 6) is 5.17. The first-order valence-corrected chi connectivity index (χ1v) is 4.67. The van der Waals surface area contributed by atoms with E-state index in [1.807, 2.05) is 0 Å². The summed E-state index contributed by atoms with van der Waals surface area (Å²) in [5.41, 5.74) is 9.07. The highest BCUT2D eigenvalue weighted by atomic mass is 19.1. The van der Waals surface area contributed by atoms with Gasteiger partial charge in [-0.3, -0.25) is 0 Å². The Morgan fingerprint density at radius 1 is 1.50 bits per heavy atom. The number of azide groups is 1. The van der Waals surface area contributed by atoms with Gasteiger partial charge in [0.2, 0.25) is 0 Å².